The van der Waals surface area contributed by atoms with E-state index in [1.807, 2.05) is 53.2 Å². The van der Waals surface area contributed by atoms with Crippen LogP contribution in [0.4, 0.5) is 0 Å². The van der Waals surface area contributed by atoms with Crippen molar-refractivity contribution in [3.8, 4) is 11.5 Å². The van der Waals surface area contributed by atoms with E-state index in [1.165, 1.54) is 0 Å². The number of nitrogens with one attached hydrogen (secondary N) is 1. The zero-order chi connectivity index (χ0) is 17.1. The SMILES string of the molecule is O=C(NCc1ccc2c(c1)OCO2)c1cccn1Cc1cccnc1. The molecule has 0 radical (unpaired) electrons. The Labute approximate surface area is 145 Å². The number of ether oxygens (including phenoxy) is 2. The van der Waals surface area contributed by atoms with Crippen LogP contribution in [0.2, 0.25) is 0 Å². The van der Waals surface area contributed by atoms with Gasteiger partial charge in [0.15, 0.2) is 11.5 Å². The van der Waals surface area contributed by atoms with E-state index in [1.54, 1.807) is 12.4 Å². The van der Waals surface area contributed by atoms with Gasteiger partial charge in [-0.2, -0.15) is 0 Å². The Hall–Kier alpha value is -3.28. The first-order chi connectivity index (χ1) is 12.3. The van der Waals surface area contributed by atoms with E-state index in [0.29, 0.717) is 24.5 Å². The quantitative estimate of drug-likeness (QED) is 0.778. The van der Waals surface area contributed by atoms with Gasteiger partial charge >= 0.3 is 0 Å². The monoisotopic (exact) mass is 335 g/mol. The summed E-state index contributed by atoms with van der Waals surface area (Å²) in [5.41, 5.74) is 2.62. The highest BCUT2D eigenvalue weighted by Gasteiger charge is 2.14. The van der Waals surface area contributed by atoms with E-state index >= 15 is 0 Å². The molecule has 1 amide bonds. The molecule has 6 nitrogen and oxygen atoms in total. The predicted octanol–water partition coefficient (Wildman–Crippen LogP) is 2.59. The molecule has 1 N–H and O–H groups in total. The molecule has 4 rings (SSSR count). The van der Waals surface area contributed by atoms with Gasteiger partial charge in [0.1, 0.15) is 5.69 Å². The second kappa shape index (κ2) is 6.68. The van der Waals surface area contributed by atoms with Crippen LogP contribution in [0, 0.1) is 0 Å². The molecule has 0 saturated carbocycles. The van der Waals surface area contributed by atoms with Crippen molar-refractivity contribution in [2.45, 2.75) is 13.1 Å². The number of fused-ring (bicyclic) bond motifs is 1. The minimum atomic E-state index is -0.119. The molecular formula is C19H17N3O3. The fraction of sp³-hybridized carbons (Fsp3) is 0.158. The van der Waals surface area contributed by atoms with Gasteiger partial charge in [-0.05, 0) is 41.5 Å². The second-order valence-corrected chi connectivity index (χ2v) is 5.75. The molecular weight excluding hydrogens is 318 g/mol. The van der Waals surface area contributed by atoms with Crippen LogP contribution in [0.15, 0.2) is 61.1 Å². The van der Waals surface area contributed by atoms with Crippen LogP contribution in [-0.4, -0.2) is 22.3 Å². The second-order valence-electron chi connectivity index (χ2n) is 5.75. The van der Waals surface area contributed by atoms with Gasteiger partial charge in [-0.15, -0.1) is 0 Å². The van der Waals surface area contributed by atoms with Gasteiger partial charge in [-0.25, -0.2) is 0 Å². The lowest BCUT2D eigenvalue weighted by Crippen LogP contribution is -2.25. The molecule has 126 valence electrons. The Balaban J connectivity index is 1.42. The van der Waals surface area contributed by atoms with Gasteiger partial charge in [0.05, 0.1) is 0 Å². The van der Waals surface area contributed by atoms with Crippen LogP contribution in [0.5, 0.6) is 11.5 Å². The zero-order valence-electron chi connectivity index (χ0n) is 13.5. The summed E-state index contributed by atoms with van der Waals surface area (Å²) in [5.74, 6) is 1.33. The maximum atomic E-state index is 12.5. The summed E-state index contributed by atoms with van der Waals surface area (Å²) < 4.78 is 12.6. The molecule has 0 aliphatic carbocycles. The summed E-state index contributed by atoms with van der Waals surface area (Å²) in [6.45, 7) is 1.27. The molecule has 1 aromatic carbocycles. The van der Waals surface area contributed by atoms with Crippen LogP contribution in [0.25, 0.3) is 0 Å². The van der Waals surface area contributed by atoms with Crippen molar-refractivity contribution in [2.24, 2.45) is 0 Å². The summed E-state index contributed by atoms with van der Waals surface area (Å²) in [6.07, 6.45) is 5.43. The molecule has 0 saturated heterocycles. The molecule has 0 fully saturated rings. The van der Waals surface area contributed by atoms with Crippen LogP contribution in [-0.2, 0) is 13.1 Å². The fourth-order valence-electron chi connectivity index (χ4n) is 2.77. The number of pyridine rings is 1. The van der Waals surface area contributed by atoms with Crippen molar-refractivity contribution in [1.82, 2.24) is 14.9 Å². The lowest BCUT2D eigenvalue weighted by molar-refractivity contribution is 0.0942. The molecule has 25 heavy (non-hydrogen) atoms. The van der Waals surface area contributed by atoms with Crippen LogP contribution >= 0.6 is 0 Å². The number of aromatic nitrogens is 2. The van der Waals surface area contributed by atoms with E-state index in [0.717, 1.165) is 16.9 Å². The Morgan fingerprint density at radius 2 is 2.04 bits per heavy atom. The molecule has 0 atom stereocenters. The molecule has 6 heteroatoms. The standard InChI is InChI=1S/C19H17N3O3/c23-19(21-11-14-5-6-17-18(9-14)25-13-24-17)16-4-2-8-22(16)12-15-3-1-7-20-10-15/h1-10H,11-13H2,(H,21,23). The molecule has 0 spiro atoms. The normalized spacial score (nSPS) is 12.2. The third kappa shape index (κ3) is 3.33. The zero-order valence-corrected chi connectivity index (χ0v) is 13.5. The third-order valence-corrected chi connectivity index (χ3v) is 4.03. The minimum absolute atomic E-state index is 0.119. The molecule has 0 bridgehead atoms. The summed E-state index contributed by atoms with van der Waals surface area (Å²) >= 11 is 0. The van der Waals surface area contributed by atoms with Crippen LogP contribution in [0.3, 0.4) is 0 Å². The van der Waals surface area contributed by atoms with Crippen molar-refractivity contribution < 1.29 is 14.3 Å². The highest BCUT2D eigenvalue weighted by Crippen LogP contribution is 2.32. The average Bonchev–Trinajstić information content (AvgIpc) is 3.29. The molecule has 3 heterocycles. The van der Waals surface area contributed by atoms with Crippen LogP contribution < -0.4 is 14.8 Å². The van der Waals surface area contributed by atoms with Gasteiger partial charge in [0, 0.05) is 31.7 Å². The predicted molar refractivity (Wildman–Crippen MR) is 91.5 cm³/mol. The lowest BCUT2D eigenvalue weighted by Gasteiger charge is -2.10. The van der Waals surface area contributed by atoms with E-state index < -0.39 is 0 Å². The average molecular weight is 335 g/mol. The van der Waals surface area contributed by atoms with Crippen molar-refractivity contribution in [3.05, 3.63) is 77.9 Å². The first kappa shape index (κ1) is 15.3. The summed E-state index contributed by atoms with van der Waals surface area (Å²) in [4.78, 5) is 16.6. The third-order valence-electron chi connectivity index (χ3n) is 4.03. The lowest BCUT2D eigenvalue weighted by atomic mass is 10.2. The topological polar surface area (TPSA) is 65.4 Å². The molecule has 3 aromatic rings. The smallest absolute Gasteiger partial charge is 0.268 e. The summed E-state index contributed by atoms with van der Waals surface area (Å²) in [7, 11) is 0. The van der Waals surface area contributed by atoms with Crippen molar-refractivity contribution in [1.29, 1.82) is 0 Å². The van der Waals surface area contributed by atoms with E-state index in [9.17, 15) is 4.79 Å². The molecule has 1 aliphatic rings. The van der Waals surface area contributed by atoms with Crippen molar-refractivity contribution in [2.75, 3.05) is 6.79 Å². The highest BCUT2D eigenvalue weighted by molar-refractivity contribution is 5.92. The number of carbonyl (C=O) groups is 1. The largest absolute Gasteiger partial charge is 0.454 e. The number of carbonyl (C=O) groups excluding carboxylic acids is 1. The molecule has 1 aliphatic heterocycles. The Morgan fingerprint density at radius 1 is 1.12 bits per heavy atom. The van der Waals surface area contributed by atoms with Gasteiger partial charge in [0.2, 0.25) is 6.79 Å². The van der Waals surface area contributed by atoms with Gasteiger partial charge < -0.3 is 19.4 Å². The number of hydrogen-bond donors (Lipinski definition) is 1. The Bertz CT molecular complexity index is 890. The molecule has 0 unspecified atom stereocenters. The Kier molecular flexibility index (Phi) is 4.08. The molecule has 2 aromatic heterocycles. The highest BCUT2D eigenvalue weighted by atomic mass is 16.7. The van der Waals surface area contributed by atoms with Gasteiger partial charge in [-0.1, -0.05) is 12.1 Å². The van der Waals surface area contributed by atoms with Crippen molar-refractivity contribution in [3.63, 3.8) is 0 Å². The van der Waals surface area contributed by atoms with E-state index in [2.05, 4.69) is 10.3 Å². The number of benzene rings is 1. The fourth-order valence-corrected chi connectivity index (χ4v) is 2.77. The minimum Gasteiger partial charge on any atom is -0.454 e. The number of nitrogens with zero attached hydrogens (tertiary/aromatic N) is 2. The maximum absolute atomic E-state index is 12.5. The van der Waals surface area contributed by atoms with Gasteiger partial charge in [0.25, 0.3) is 5.91 Å². The first-order valence-electron chi connectivity index (χ1n) is 8.00. The van der Waals surface area contributed by atoms with E-state index in [-0.39, 0.29) is 12.7 Å². The first-order valence-corrected chi connectivity index (χ1v) is 8.00. The summed E-state index contributed by atoms with van der Waals surface area (Å²) in [5, 5.41) is 2.95. The van der Waals surface area contributed by atoms with Crippen LogP contribution in [0.1, 0.15) is 21.6 Å². The van der Waals surface area contributed by atoms with Crippen molar-refractivity contribution >= 4 is 5.91 Å². The number of amides is 1. The maximum Gasteiger partial charge on any atom is 0.268 e. The number of rotatable bonds is 5. The summed E-state index contributed by atoms with van der Waals surface area (Å²) in [6, 6.07) is 13.2. The number of hydrogen-bond acceptors (Lipinski definition) is 4. The van der Waals surface area contributed by atoms with Gasteiger partial charge in [-0.3, -0.25) is 9.78 Å². The van der Waals surface area contributed by atoms with E-state index in [4.69, 9.17) is 9.47 Å². The Morgan fingerprint density at radius 3 is 2.92 bits per heavy atom.